The summed E-state index contributed by atoms with van der Waals surface area (Å²) in [7, 11) is 3.54. The number of rotatable bonds is 5. The van der Waals surface area contributed by atoms with Crippen LogP contribution in [-0.4, -0.2) is 57.0 Å². The van der Waals surface area contributed by atoms with Crippen molar-refractivity contribution in [3.05, 3.63) is 0 Å². The van der Waals surface area contributed by atoms with Crippen LogP contribution in [0.5, 0.6) is 0 Å². The number of piperidine rings is 1. The summed E-state index contributed by atoms with van der Waals surface area (Å²) in [5, 5.41) is 0. The first-order valence-corrected chi connectivity index (χ1v) is 5.71. The number of nitrogens with two attached hydrogens (primary N) is 1. The minimum absolute atomic E-state index is 0.276. The fourth-order valence-corrected chi connectivity index (χ4v) is 2.17. The topological polar surface area (TPSA) is 47.7 Å². The highest BCUT2D eigenvalue weighted by molar-refractivity contribution is 4.83. The molecular formula is C11H24N2O2. The van der Waals surface area contributed by atoms with Crippen LogP contribution in [-0.2, 0) is 9.47 Å². The molecule has 1 rings (SSSR count). The Bertz CT molecular complexity index is 178. The van der Waals surface area contributed by atoms with Crippen molar-refractivity contribution in [1.29, 1.82) is 0 Å². The van der Waals surface area contributed by atoms with E-state index in [9.17, 15) is 0 Å². The highest BCUT2D eigenvalue weighted by Gasteiger charge is 2.28. The van der Waals surface area contributed by atoms with Gasteiger partial charge >= 0.3 is 0 Å². The van der Waals surface area contributed by atoms with E-state index in [1.807, 2.05) is 0 Å². The molecule has 0 amide bonds. The lowest BCUT2D eigenvalue weighted by atomic mass is 9.99. The van der Waals surface area contributed by atoms with Gasteiger partial charge < -0.3 is 15.2 Å². The maximum atomic E-state index is 5.79. The molecule has 3 unspecified atom stereocenters. The van der Waals surface area contributed by atoms with Crippen LogP contribution in [0.4, 0.5) is 0 Å². The Hall–Kier alpha value is -0.160. The fourth-order valence-electron chi connectivity index (χ4n) is 2.17. The molecule has 90 valence electrons. The van der Waals surface area contributed by atoms with Crippen molar-refractivity contribution in [3.63, 3.8) is 0 Å². The van der Waals surface area contributed by atoms with E-state index in [1.54, 1.807) is 14.2 Å². The zero-order valence-corrected chi connectivity index (χ0v) is 10.1. The van der Waals surface area contributed by atoms with Crippen LogP contribution in [0.2, 0.25) is 0 Å². The molecule has 1 fully saturated rings. The summed E-state index contributed by atoms with van der Waals surface area (Å²) >= 11 is 0. The summed E-state index contributed by atoms with van der Waals surface area (Å²) in [5.74, 6) is 0. The van der Waals surface area contributed by atoms with Crippen molar-refractivity contribution >= 4 is 0 Å². The van der Waals surface area contributed by atoms with Crippen LogP contribution < -0.4 is 5.73 Å². The SMILES string of the molecule is COC(C)CN1CCC(OC)CC1CN. The number of hydrogen-bond donors (Lipinski definition) is 1. The molecule has 4 nitrogen and oxygen atoms in total. The largest absolute Gasteiger partial charge is 0.381 e. The molecule has 0 spiro atoms. The number of hydrogen-bond acceptors (Lipinski definition) is 4. The van der Waals surface area contributed by atoms with Gasteiger partial charge in [0.25, 0.3) is 0 Å². The van der Waals surface area contributed by atoms with Gasteiger partial charge in [-0.15, -0.1) is 0 Å². The van der Waals surface area contributed by atoms with Crippen LogP contribution in [0.3, 0.4) is 0 Å². The van der Waals surface area contributed by atoms with Crippen molar-refractivity contribution in [2.45, 2.75) is 38.0 Å². The number of nitrogens with zero attached hydrogens (tertiary/aromatic N) is 1. The molecule has 1 saturated heterocycles. The third-order valence-corrected chi connectivity index (χ3v) is 3.29. The molecule has 0 aliphatic carbocycles. The Balaban J connectivity index is 2.43. The van der Waals surface area contributed by atoms with E-state index in [-0.39, 0.29) is 6.10 Å². The summed E-state index contributed by atoms with van der Waals surface area (Å²) in [4.78, 5) is 2.42. The predicted molar refractivity (Wildman–Crippen MR) is 60.9 cm³/mol. The van der Waals surface area contributed by atoms with E-state index < -0.39 is 0 Å². The maximum absolute atomic E-state index is 5.79. The van der Waals surface area contributed by atoms with Gasteiger partial charge in [0, 0.05) is 39.9 Å². The first-order valence-electron chi connectivity index (χ1n) is 5.71. The summed E-state index contributed by atoms with van der Waals surface area (Å²) in [6.07, 6.45) is 2.80. The molecule has 0 aromatic rings. The van der Waals surface area contributed by atoms with Gasteiger partial charge in [-0.2, -0.15) is 0 Å². The Morgan fingerprint density at radius 1 is 1.47 bits per heavy atom. The summed E-state index contributed by atoms with van der Waals surface area (Å²) in [6, 6.07) is 0.446. The van der Waals surface area contributed by atoms with Gasteiger partial charge in [0.2, 0.25) is 0 Å². The second kappa shape index (κ2) is 6.43. The molecule has 15 heavy (non-hydrogen) atoms. The van der Waals surface area contributed by atoms with Crippen LogP contribution in [0.25, 0.3) is 0 Å². The Morgan fingerprint density at radius 2 is 2.20 bits per heavy atom. The molecule has 4 heteroatoms. The predicted octanol–water partition coefficient (Wildman–Crippen LogP) is 0.459. The molecule has 1 aliphatic rings. The second-order valence-corrected chi connectivity index (χ2v) is 4.31. The van der Waals surface area contributed by atoms with E-state index in [0.717, 1.165) is 25.9 Å². The van der Waals surface area contributed by atoms with Gasteiger partial charge in [0.15, 0.2) is 0 Å². The minimum atomic E-state index is 0.276. The lowest BCUT2D eigenvalue weighted by Crippen LogP contribution is -2.50. The smallest absolute Gasteiger partial charge is 0.0670 e. The van der Waals surface area contributed by atoms with Crippen molar-refractivity contribution in [2.24, 2.45) is 5.73 Å². The molecule has 0 aromatic carbocycles. The van der Waals surface area contributed by atoms with Gasteiger partial charge in [0.1, 0.15) is 0 Å². The van der Waals surface area contributed by atoms with E-state index in [2.05, 4.69) is 11.8 Å². The van der Waals surface area contributed by atoms with Crippen LogP contribution in [0, 0.1) is 0 Å². The van der Waals surface area contributed by atoms with Gasteiger partial charge in [-0.1, -0.05) is 0 Å². The van der Waals surface area contributed by atoms with Crippen LogP contribution in [0.15, 0.2) is 0 Å². The number of methoxy groups -OCH3 is 2. The van der Waals surface area contributed by atoms with Crippen molar-refractivity contribution < 1.29 is 9.47 Å². The van der Waals surface area contributed by atoms with Crippen LogP contribution in [0.1, 0.15) is 19.8 Å². The third kappa shape index (κ3) is 3.72. The Labute approximate surface area is 92.7 Å². The molecule has 3 atom stereocenters. The first kappa shape index (κ1) is 12.9. The van der Waals surface area contributed by atoms with Gasteiger partial charge in [-0.3, -0.25) is 4.90 Å². The zero-order valence-electron chi connectivity index (χ0n) is 10.1. The van der Waals surface area contributed by atoms with Crippen molar-refractivity contribution in [3.8, 4) is 0 Å². The molecule has 1 aliphatic heterocycles. The standard InChI is InChI=1S/C11H24N2O2/c1-9(14-2)8-13-5-4-11(15-3)6-10(13)7-12/h9-11H,4-8,12H2,1-3H3. The minimum Gasteiger partial charge on any atom is -0.381 e. The zero-order chi connectivity index (χ0) is 11.3. The second-order valence-electron chi connectivity index (χ2n) is 4.31. The lowest BCUT2D eigenvalue weighted by molar-refractivity contribution is -0.00882. The van der Waals surface area contributed by atoms with E-state index in [1.165, 1.54) is 0 Å². The summed E-state index contributed by atoms with van der Waals surface area (Å²) < 4.78 is 10.7. The van der Waals surface area contributed by atoms with Gasteiger partial charge in [-0.25, -0.2) is 0 Å². The summed E-state index contributed by atoms with van der Waals surface area (Å²) in [6.45, 7) is 4.83. The van der Waals surface area contributed by atoms with Crippen molar-refractivity contribution in [2.75, 3.05) is 33.9 Å². The molecule has 0 aromatic heterocycles. The van der Waals surface area contributed by atoms with Gasteiger partial charge in [-0.05, 0) is 19.8 Å². The van der Waals surface area contributed by atoms with Crippen molar-refractivity contribution in [1.82, 2.24) is 4.90 Å². The maximum Gasteiger partial charge on any atom is 0.0670 e. The number of likely N-dealkylation sites (tertiary alicyclic amines) is 1. The molecular weight excluding hydrogens is 192 g/mol. The van der Waals surface area contributed by atoms with Crippen LogP contribution >= 0.6 is 0 Å². The molecule has 0 saturated carbocycles. The molecule has 0 radical (unpaired) electrons. The molecule has 1 heterocycles. The highest BCUT2D eigenvalue weighted by atomic mass is 16.5. The average molecular weight is 216 g/mol. The van der Waals surface area contributed by atoms with Gasteiger partial charge in [0.05, 0.1) is 12.2 Å². The van der Waals surface area contributed by atoms with E-state index in [4.69, 9.17) is 15.2 Å². The lowest BCUT2D eigenvalue weighted by Gasteiger charge is -2.39. The fraction of sp³-hybridized carbons (Fsp3) is 1.00. The third-order valence-electron chi connectivity index (χ3n) is 3.29. The monoisotopic (exact) mass is 216 g/mol. The van der Waals surface area contributed by atoms with E-state index >= 15 is 0 Å². The Morgan fingerprint density at radius 3 is 2.73 bits per heavy atom. The Kier molecular flexibility index (Phi) is 5.53. The molecule has 2 N–H and O–H groups in total. The summed E-state index contributed by atoms with van der Waals surface area (Å²) in [5.41, 5.74) is 5.79. The normalized spacial score (nSPS) is 30.4. The number of ether oxygens (including phenoxy) is 2. The average Bonchev–Trinajstić information content (AvgIpc) is 2.29. The van der Waals surface area contributed by atoms with E-state index in [0.29, 0.717) is 18.7 Å². The quantitative estimate of drug-likeness (QED) is 0.725. The first-order chi connectivity index (χ1) is 7.21. The molecule has 0 bridgehead atoms. The highest BCUT2D eigenvalue weighted by Crippen LogP contribution is 2.19.